The van der Waals surface area contributed by atoms with Crippen LogP contribution in [-0.4, -0.2) is 10.7 Å². The molecule has 14 heavy (non-hydrogen) atoms. The Hall–Kier alpha value is -1.08. The zero-order valence-corrected chi connectivity index (χ0v) is 8.53. The van der Waals surface area contributed by atoms with Crippen LogP contribution in [0, 0.1) is 0 Å². The molecule has 1 heteroatoms. The highest BCUT2D eigenvalue weighted by Gasteiger charge is 2.22. The summed E-state index contributed by atoms with van der Waals surface area (Å²) < 4.78 is 0. The molecule has 0 saturated heterocycles. The van der Waals surface area contributed by atoms with E-state index in [4.69, 9.17) is 0 Å². The lowest BCUT2D eigenvalue weighted by atomic mass is 9.85. The molecule has 1 atom stereocenters. The van der Waals surface area contributed by atoms with Crippen LogP contribution >= 0.6 is 0 Å². The summed E-state index contributed by atoms with van der Waals surface area (Å²) in [6.07, 6.45) is 5.04. The maximum Gasteiger partial charge on any atom is 0.0805 e. The van der Waals surface area contributed by atoms with Gasteiger partial charge >= 0.3 is 0 Å². The molecule has 0 bridgehead atoms. The molecule has 0 heterocycles. The molecule has 0 fully saturated rings. The quantitative estimate of drug-likeness (QED) is 0.718. The average Bonchev–Trinajstić information content (AvgIpc) is 2.18. The van der Waals surface area contributed by atoms with Crippen molar-refractivity contribution in [2.45, 2.75) is 31.8 Å². The van der Waals surface area contributed by atoms with Gasteiger partial charge in [0.25, 0.3) is 0 Å². The van der Waals surface area contributed by atoms with Gasteiger partial charge in [-0.2, -0.15) is 0 Å². The topological polar surface area (TPSA) is 20.2 Å². The van der Waals surface area contributed by atoms with Gasteiger partial charge in [0, 0.05) is 0 Å². The molecule has 0 aromatic heterocycles. The minimum Gasteiger partial charge on any atom is -0.386 e. The standard InChI is InChI=1S/C13H16O/c1-13(14)9-5-8-12(10-13)11-6-3-2-4-7-11/h2-4,6-7,10,14H,5,8-9H2,1H3. The second-order valence-electron chi connectivity index (χ2n) is 4.25. The minimum absolute atomic E-state index is 0.608. The molecular formula is C13H16O. The Labute approximate surface area is 85.1 Å². The fourth-order valence-electron chi connectivity index (χ4n) is 2.04. The highest BCUT2D eigenvalue weighted by atomic mass is 16.3. The molecule has 1 unspecified atom stereocenters. The predicted molar refractivity (Wildman–Crippen MR) is 58.9 cm³/mol. The maximum absolute atomic E-state index is 9.93. The molecule has 1 nitrogen and oxygen atoms in total. The summed E-state index contributed by atoms with van der Waals surface area (Å²) in [5.74, 6) is 0. The van der Waals surface area contributed by atoms with E-state index in [1.54, 1.807) is 0 Å². The Balaban J connectivity index is 2.31. The normalized spacial score (nSPS) is 27.1. The van der Waals surface area contributed by atoms with Crippen molar-refractivity contribution in [3.63, 3.8) is 0 Å². The van der Waals surface area contributed by atoms with Crippen LogP contribution in [0.4, 0.5) is 0 Å². The molecule has 0 saturated carbocycles. The second-order valence-corrected chi connectivity index (χ2v) is 4.25. The van der Waals surface area contributed by atoms with Crippen LogP contribution in [0.1, 0.15) is 31.7 Å². The van der Waals surface area contributed by atoms with Gasteiger partial charge in [0.15, 0.2) is 0 Å². The van der Waals surface area contributed by atoms with Crippen molar-refractivity contribution in [1.82, 2.24) is 0 Å². The summed E-state index contributed by atoms with van der Waals surface area (Å²) in [6.45, 7) is 1.88. The van der Waals surface area contributed by atoms with Gasteiger partial charge in [0.2, 0.25) is 0 Å². The summed E-state index contributed by atoms with van der Waals surface area (Å²) in [7, 11) is 0. The third-order valence-electron chi connectivity index (χ3n) is 2.76. The van der Waals surface area contributed by atoms with Crippen molar-refractivity contribution >= 4 is 5.57 Å². The van der Waals surface area contributed by atoms with Gasteiger partial charge in [-0.25, -0.2) is 0 Å². The Bertz CT molecular complexity index is 336. The zero-order valence-electron chi connectivity index (χ0n) is 8.53. The molecule has 1 aliphatic carbocycles. The smallest absolute Gasteiger partial charge is 0.0805 e. The molecule has 1 aliphatic rings. The van der Waals surface area contributed by atoms with E-state index >= 15 is 0 Å². The number of hydrogen-bond donors (Lipinski definition) is 1. The van der Waals surface area contributed by atoms with E-state index in [1.165, 1.54) is 11.1 Å². The SMILES string of the molecule is CC1(O)C=C(c2ccccc2)CCC1. The van der Waals surface area contributed by atoms with Crippen LogP contribution in [0.5, 0.6) is 0 Å². The van der Waals surface area contributed by atoms with Crippen LogP contribution in [0.2, 0.25) is 0 Å². The first kappa shape index (κ1) is 9.47. The Morgan fingerprint density at radius 1 is 1.21 bits per heavy atom. The van der Waals surface area contributed by atoms with Crippen LogP contribution in [-0.2, 0) is 0 Å². The van der Waals surface area contributed by atoms with E-state index in [0.717, 1.165) is 19.3 Å². The summed E-state index contributed by atoms with van der Waals surface area (Å²) in [4.78, 5) is 0. The van der Waals surface area contributed by atoms with E-state index < -0.39 is 5.60 Å². The van der Waals surface area contributed by atoms with Gasteiger partial charge in [-0.1, -0.05) is 30.3 Å². The highest BCUT2D eigenvalue weighted by molar-refractivity contribution is 5.67. The van der Waals surface area contributed by atoms with Crippen molar-refractivity contribution < 1.29 is 5.11 Å². The number of benzene rings is 1. The number of allylic oxidation sites excluding steroid dienone is 1. The first-order valence-corrected chi connectivity index (χ1v) is 5.17. The van der Waals surface area contributed by atoms with Crippen LogP contribution in [0.25, 0.3) is 5.57 Å². The van der Waals surface area contributed by atoms with E-state index in [0.29, 0.717) is 0 Å². The van der Waals surface area contributed by atoms with Crippen molar-refractivity contribution in [3.8, 4) is 0 Å². The summed E-state index contributed by atoms with van der Waals surface area (Å²) in [5.41, 5.74) is 1.91. The van der Waals surface area contributed by atoms with Gasteiger partial charge in [0.1, 0.15) is 0 Å². The fraction of sp³-hybridized carbons (Fsp3) is 0.385. The minimum atomic E-state index is -0.608. The van der Waals surface area contributed by atoms with E-state index in [-0.39, 0.29) is 0 Å². The number of hydrogen-bond acceptors (Lipinski definition) is 1. The Morgan fingerprint density at radius 3 is 2.57 bits per heavy atom. The lowest BCUT2D eigenvalue weighted by Gasteiger charge is -2.26. The van der Waals surface area contributed by atoms with E-state index in [2.05, 4.69) is 12.1 Å². The summed E-state index contributed by atoms with van der Waals surface area (Å²) in [5, 5.41) is 9.93. The zero-order chi connectivity index (χ0) is 10.0. The van der Waals surface area contributed by atoms with Crippen molar-refractivity contribution in [3.05, 3.63) is 42.0 Å². The number of aliphatic hydroxyl groups is 1. The maximum atomic E-state index is 9.93. The first-order chi connectivity index (χ1) is 6.67. The van der Waals surface area contributed by atoms with Crippen molar-refractivity contribution in [1.29, 1.82) is 0 Å². The predicted octanol–water partition coefficient (Wildman–Crippen LogP) is 3.00. The second kappa shape index (κ2) is 3.58. The molecule has 0 amide bonds. The van der Waals surface area contributed by atoms with E-state index in [9.17, 15) is 5.11 Å². The average molecular weight is 188 g/mol. The molecule has 1 N–H and O–H groups in total. The summed E-state index contributed by atoms with van der Waals surface area (Å²) >= 11 is 0. The fourth-order valence-corrected chi connectivity index (χ4v) is 2.04. The van der Waals surface area contributed by atoms with Gasteiger partial charge in [-0.15, -0.1) is 0 Å². The Morgan fingerprint density at radius 2 is 1.93 bits per heavy atom. The monoisotopic (exact) mass is 188 g/mol. The van der Waals surface area contributed by atoms with Gasteiger partial charge < -0.3 is 5.11 Å². The molecular weight excluding hydrogens is 172 g/mol. The van der Waals surface area contributed by atoms with Crippen molar-refractivity contribution in [2.75, 3.05) is 0 Å². The molecule has 1 aromatic carbocycles. The third kappa shape index (κ3) is 2.05. The van der Waals surface area contributed by atoms with Gasteiger partial charge in [-0.3, -0.25) is 0 Å². The van der Waals surface area contributed by atoms with Gasteiger partial charge in [0.05, 0.1) is 5.60 Å². The lowest BCUT2D eigenvalue weighted by Crippen LogP contribution is -2.23. The largest absolute Gasteiger partial charge is 0.386 e. The highest BCUT2D eigenvalue weighted by Crippen LogP contribution is 2.31. The molecule has 2 rings (SSSR count). The number of rotatable bonds is 1. The molecule has 1 aromatic rings. The lowest BCUT2D eigenvalue weighted by molar-refractivity contribution is 0.0962. The molecule has 0 aliphatic heterocycles. The van der Waals surface area contributed by atoms with Crippen LogP contribution < -0.4 is 0 Å². The Kier molecular flexibility index (Phi) is 2.42. The summed E-state index contributed by atoms with van der Waals surface area (Å²) in [6, 6.07) is 10.3. The molecule has 0 spiro atoms. The van der Waals surface area contributed by atoms with E-state index in [1.807, 2.05) is 31.2 Å². The van der Waals surface area contributed by atoms with Gasteiger partial charge in [-0.05, 0) is 43.4 Å². The van der Waals surface area contributed by atoms with Crippen molar-refractivity contribution in [2.24, 2.45) is 0 Å². The molecule has 0 radical (unpaired) electrons. The first-order valence-electron chi connectivity index (χ1n) is 5.17. The third-order valence-corrected chi connectivity index (χ3v) is 2.76. The van der Waals surface area contributed by atoms with Crippen LogP contribution in [0.3, 0.4) is 0 Å². The van der Waals surface area contributed by atoms with Crippen LogP contribution in [0.15, 0.2) is 36.4 Å². The molecule has 74 valence electrons.